The van der Waals surface area contributed by atoms with Crippen LogP contribution in [0.25, 0.3) is 10.6 Å². The molecular formula is C16H18N4O3S. The number of benzene rings is 1. The van der Waals surface area contributed by atoms with Crippen LogP contribution in [-0.2, 0) is 0 Å². The van der Waals surface area contributed by atoms with Crippen molar-refractivity contribution in [3.05, 3.63) is 45.5 Å². The highest BCUT2D eigenvalue weighted by molar-refractivity contribution is 7.13. The second-order valence-electron chi connectivity index (χ2n) is 5.81. The number of nitro groups is 1. The summed E-state index contributed by atoms with van der Waals surface area (Å²) in [5.74, 6) is -0.181. The number of non-ortho nitro benzene ring substituents is 1. The number of piperidine rings is 1. The number of aromatic nitrogens is 1. The van der Waals surface area contributed by atoms with Gasteiger partial charge in [-0.15, -0.1) is 11.3 Å². The van der Waals surface area contributed by atoms with Crippen molar-refractivity contribution in [2.75, 3.05) is 6.54 Å². The Hall–Kier alpha value is -2.32. The molecule has 2 N–H and O–H groups in total. The van der Waals surface area contributed by atoms with Crippen molar-refractivity contribution in [1.29, 1.82) is 0 Å². The third kappa shape index (κ3) is 3.60. The van der Waals surface area contributed by atoms with Crippen molar-refractivity contribution >= 4 is 22.9 Å². The van der Waals surface area contributed by atoms with Gasteiger partial charge in [0.15, 0.2) is 0 Å². The average Bonchev–Trinajstić information content (AvgIpc) is 3.07. The number of carbonyl (C=O) groups is 1. The first-order chi connectivity index (χ1) is 11.5. The number of carbonyl (C=O) groups excluding carboxylic acids is 1. The summed E-state index contributed by atoms with van der Waals surface area (Å²) in [4.78, 5) is 27.0. The predicted octanol–water partition coefficient (Wildman–Crippen LogP) is 2.59. The summed E-state index contributed by atoms with van der Waals surface area (Å²) in [5.41, 5.74) is 1.18. The van der Waals surface area contributed by atoms with Gasteiger partial charge in [-0.05, 0) is 38.4 Å². The molecule has 0 saturated carbocycles. The van der Waals surface area contributed by atoms with Crippen molar-refractivity contribution in [3.8, 4) is 10.6 Å². The highest BCUT2D eigenvalue weighted by Gasteiger charge is 2.23. The van der Waals surface area contributed by atoms with Crippen LogP contribution in [0.5, 0.6) is 0 Å². The fourth-order valence-corrected chi connectivity index (χ4v) is 3.53. The molecular weight excluding hydrogens is 328 g/mol. The number of nitro benzene ring substituents is 1. The molecule has 0 radical (unpaired) electrons. The number of nitrogens with one attached hydrogen (secondary N) is 2. The zero-order valence-electron chi connectivity index (χ0n) is 13.2. The summed E-state index contributed by atoms with van der Waals surface area (Å²) in [6.07, 6.45) is 2.00. The van der Waals surface area contributed by atoms with Gasteiger partial charge in [-0.2, -0.15) is 0 Å². The van der Waals surface area contributed by atoms with E-state index in [9.17, 15) is 14.9 Å². The topological polar surface area (TPSA) is 97.2 Å². The first-order valence-corrected chi connectivity index (χ1v) is 8.67. The molecule has 0 spiro atoms. The summed E-state index contributed by atoms with van der Waals surface area (Å²) in [7, 11) is 0. The van der Waals surface area contributed by atoms with Gasteiger partial charge in [0.2, 0.25) is 0 Å². The summed E-state index contributed by atoms with van der Waals surface area (Å²) in [6.45, 7) is 3.04. The first kappa shape index (κ1) is 16.5. The van der Waals surface area contributed by atoms with Crippen molar-refractivity contribution in [2.45, 2.75) is 31.8 Å². The number of thiazole rings is 1. The lowest BCUT2D eigenvalue weighted by atomic mass is 10.00. The minimum atomic E-state index is -0.441. The van der Waals surface area contributed by atoms with Crippen molar-refractivity contribution < 1.29 is 9.72 Å². The second kappa shape index (κ2) is 7.06. The lowest BCUT2D eigenvalue weighted by molar-refractivity contribution is -0.384. The van der Waals surface area contributed by atoms with Crippen molar-refractivity contribution in [3.63, 3.8) is 0 Å². The minimum absolute atomic E-state index is 0.0343. The van der Waals surface area contributed by atoms with Crippen LogP contribution in [0.15, 0.2) is 29.6 Å². The summed E-state index contributed by atoms with van der Waals surface area (Å²) in [5, 5.41) is 19.5. The molecule has 24 heavy (non-hydrogen) atoms. The molecule has 1 aromatic heterocycles. The molecule has 1 fully saturated rings. The summed E-state index contributed by atoms with van der Waals surface area (Å²) in [6, 6.07) is 6.51. The maximum Gasteiger partial charge on any atom is 0.271 e. The van der Waals surface area contributed by atoms with E-state index in [-0.39, 0.29) is 23.7 Å². The molecule has 8 heteroatoms. The zero-order valence-corrected chi connectivity index (χ0v) is 14.0. The van der Waals surface area contributed by atoms with Crippen LogP contribution in [0.1, 0.15) is 30.3 Å². The number of nitrogens with zero attached hydrogens (tertiary/aromatic N) is 2. The van der Waals surface area contributed by atoms with E-state index in [1.807, 2.05) is 0 Å². The molecule has 2 atom stereocenters. The number of hydrogen-bond acceptors (Lipinski definition) is 6. The largest absolute Gasteiger partial charge is 0.346 e. The van der Waals surface area contributed by atoms with E-state index < -0.39 is 4.92 Å². The van der Waals surface area contributed by atoms with E-state index in [1.165, 1.54) is 23.5 Å². The van der Waals surface area contributed by atoms with Crippen LogP contribution in [0.2, 0.25) is 0 Å². The van der Waals surface area contributed by atoms with Gasteiger partial charge >= 0.3 is 0 Å². The fourth-order valence-electron chi connectivity index (χ4n) is 2.72. The highest BCUT2D eigenvalue weighted by Crippen LogP contribution is 2.25. The maximum atomic E-state index is 12.4. The van der Waals surface area contributed by atoms with E-state index in [0.717, 1.165) is 24.9 Å². The van der Waals surface area contributed by atoms with E-state index in [4.69, 9.17) is 0 Å². The Labute approximate surface area is 143 Å². The molecule has 1 aliphatic heterocycles. The Morgan fingerprint density at radius 2 is 2.17 bits per heavy atom. The molecule has 0 bridgehead atoms. The monoisotopic (exact) mass is 346 g/mol. The molecule has 7 nitrogen and oxygen atoms in total. The average molecular weight is 346 g/mol. The zero-order chi connectivity index (χ0) is 17.1. The third-order valence-corrected chi connectivity index (χ3v) is 5.03. The lowest BCUT2D eigenvalue weighted by Gasteiger charge is -2.30. The Morgan fingerprint density at radius 3 is 2.83 bits per heavy atom. The van der Waals surface area contributed by atoms with E-state index >= 15 is 0 Å². The van der Waals surface area contributed by atoms with Crippen LogP contribution in [0.3, 0.4) is 0 Å². The van der Waals surface area contributed by atoms with Crippen LogP contribution in [0, 0.1) is 10.1 Å². The molecule has 3 rings (SSSR count). The van der Waals surface area contributed by atoms with Crippen LogP contribution in [-0.4, -0.2) is 34.4 Å². The van der Waals surface area contributed by atoms with Gasteiger partial charge < -0.3 is 10.6 Å². The molecule has 2 aromatic rings. The van der Waals surface area contributed by atoms with Gasteiger partial charge in [-0.3, -0.25) is 14.9 Å². The fraction of sp³-hybridized carbons (Fsp3) is 0.375. The van der Waals surface area contributed by atoms with E-state index in [0.29, 0.717) is 10.7 Å². The highest BCUT2D eigenvalue weighted by atomic mass is 32.1. The van der Waals surface area contributed by atoms with Gasteiger partial charge in [0.25, 0.3) is 11.6 Å². The first-order valence-electron chi connectivity index (χ1n) is 7.79. The standard InChI is InChI=1S/C16H18N4O3S/c1-10-13(3-2-8-17-10)18-15(21)14-9-24-16(19-14)11-4-6-12(7-5-11)20(22)23/h4-7,9-10,13,17H,2-3,8H2,1H3,(H,18,21). The van der Waals surface area contributed by atoms with Crippen LogP contribution in [0.4, 0.5) is 5.69 Å². The third-order valence-electron chi connectivity index (χ3n) is 4.14. The molecule has 1 aromatic carbocycles. The van der Waals surface area contributed by atoms with Gasteiger partial charge in [0.05, 0.1) is 4.92 Å². The van der Waals surface area contributed by atoms with Crippen LogP contribution < -0.4 is 10.6 Å². The SMILES string of the molecule is CC1NCCCC1NC(=O)c1csc(-c2ccc([N+](=O)[O-])cc2)n1. The number of amides is 1. The molecule has 0 aliphatic carbocycles. The predicted molar refractivity (Wildman–Crippen MR) is 92.2 cm³/mol. The van der Waals surface area contributed by atoms with Crippen molar-refractivity contribution in [2.24, 2.45) is 0 Å². The number of rotatable bonds is 4. The summed E-state index contributed by atoms with van der Waals surface area (Å²) >= 11 is 1.35. The molecule has 1 saturated heterocycles. The molecule has 126 valence electrons. The summed E-state index contributed by atoms with van der Waals surface area (Å²) < 4.78 is 0. The Morgan fingerprint density at radius 1 is 1.42 bits per heavy atom. The Kier molecular flexibility index (Phi) is 4.86. The Bertz CT molecular complexity index is 744. The minimum Gasteiger partial charge on any atom is -0.346 e. The molecule has 1 aliphatic rings. The molecule has 2 unspecified atom stereocenters. The van der Waals surface area contributed by atoms with E-state index in [2.05, 4.69) is 22.5 Å². The molecule has 2 heterocycles. The quantitative estimate of drug-likeness (QED) is 0.655. The lowest BCUT2D eigenvalue weighted by Crippen LogP contribution is -2.51. The maximum absolute atomic E-state index is 12.4. The second-order valence-corrected chi connectivity index (χ2v) is 6.66. The van der Waals surface area contributed by atoms with Gasteiger partial charge in [-0.1, -0.05) is 0 Å². The number of hydrogen-bond donors (Lipinski definition) is 2. The Balaban J connectivity index is 1.70. The van der Waals surface area contributed by atoms with Gasteiger partial charge in [0, 0.05) is 35.2 Å². The van der Waals surface area contributed by atoms with Crippen molar-refractivity contribution in [1.82, 2.24) is 15.6 Å². The van der Waals surface area contributed by atoms with E-state index in [1.54, 1.807) is 17.5 Å². The van der Waals surface area contributed by atoms with Gasteiger partial charge in [-0.25, -0.2) is 4.98 Å². The smallest absolute Gasteiger partial charge is 0.271 e. The van der Waals surface area contributed by atoms with Crippen LogP contribution >= 0.6 is 11.3 Å². The van der Waals surface area contributed by atoms with Gasteiger partial charge in [0.1, 0.15) is 10.7 Å². The molecule has 1 amide bonds. The normalized spacial score (nSPS) is 20.5.